The maximum Gasteiger partial charge on any atom is 0.148 e. The van der Waals surface area contributed by atoms with Crippen LogP contribution in [-0.2, 0) is 9.84 Å². The van der Waals surface area contributed by atoms with E-state index in [1.807, 2.05) is 25.1 Å². The van der Waals surface area contributed by atoms with Gasteiger partial charge in [-0.1, -0.05) is 6.07 Å². The number of sulfone groups is 1. The molecule has 1 unspecified atom stereocenters. The van der Waals surface area contributed by atoms with Crippen LogP contribution in [0, 0.1) is 0 Å². The molecule has 1 aromatic carbocycles. The van der Waals surface area contributed by atoms with E-state index in [1.54, 1.807) is 14.2 Å². The topological polar surface area (TPSA) is 64.6 Å². The highest BCUT2D eigenvalue weighted by molar-refractivity contribution is 7.90. The molecule has 0 saturated heterocycles. The van der Waals surface area contributed by atoms with Gasteiger partial charge < -0.3 is 14.8 Å². The van der Waals surface area contributed by atoms with Gasteiger partial charge in [0.05, 0.1) is 20.0 Å². The third-order valence-corrected chi connectivity index (χ3v) is 3.78. The summed E-state index contributed by atoms with van der Waals surface area (Å²) in [6.07, 6.45) is 1.23. The largest absolute Gasteiger partial charge is 0.497 e. The lowest BCUT2D eigenvalue weighted by atomic mass is 10.1. The molecule has 0 radical (unpaired) electrons. The number of methoxy groups -OCH3 is 2. The van der Waals surface area contributed by atoms with Crippen molar-refractivity contribution in [2.45, 2.75) is 13.0 Å². The fraction of sp³-hybridized carbons (Fsp3) is 0.538. The van der Waals surface area contributed by atoms with E-state index in [1.165, 1.54) is 6.26 Å². The van der Waals surface area contributed by atoms with E-state index in [2.05, 4.69) is 5.32 Å². The molecule has 0 heterocycles. The molecule has 0 fully saturated rings. The fourth-order valence-electron chi connectivity index (χ4n) is 1.75. The van der Waals surface area contributed by atoms with Crippen molar-refractivity contribution in [3.8, 4) is 11.5 Å². The highest BCUT2D eigenvalue weighted by atomic mass is 32.2. The minimum Gasteiger partial charge on any atom is -0.497 e. The lowest BCUT2D eigenvalue weighted by Crippen LogP contribution is -2.25. The van der Waals surface area contributed by atoms with Gasteiger partial charge in [-0.15, -0.1) is 0 Å². The van der Waals surface area contributed by atoms with E-state index in [-0.39, 0.29) is 11.8 Å². The second kappa shape index (κ2) is 6.77. The Hall–Kier alpha value is -1.27. The summed E-state index contributed by atoms with van der Waals surface area (Å²) in [6, 6.07) is 5.58. The zero-order valence-electron chi connectivity index (χ0n) is 11.8. The van der Waals surface area contributed by atoms with Gasteiger partial charge in [-0.3, -0.25) is 0 Å². The maximum atomic E-state index is 11.1. The summed E-state index contributed by atoms with van der Waals surface area (Å²) in [6.45, 7) is 2.38. The summed E-state index contributed by atoms with van der Waals surface area (Å²) in [4.78, 5) is 0. The van der Waals surface area contributed by atoms with E-state index >= 15 is 0 Å². The van der Waals surface area contributed by atoms with Crippen LogP contribution in [0.1, 0.15) is 18.5 Å². The Morgan fingerprint density at radius 2 is 1.95 bits per heavy atom. The first-order chi connectivity index (χ1) is 8.87. The van der Waals surface area contributed by atoms with E-state index in [4.69, 9.17) is 9.47 Å². The minimum atomic E-state index is -2.94. The molecule has 1 rings (SSSR count). The Kier molecular flexibility index (Phi) is 5.62. The van der Waals surface area contributed by atoms with Gasteiger partial charge in [0.25, 0.3) is 0 Å². The minimum absolute atomic E-state index is 0.00241. The summed E-state index contributed by atoms with van der Waals surface area (Å²) in [5.74, 6) is 1.57. The first-order valence-corrected chi connectivity index (χ1v) is 8.06. The number of ether oxygens (including phenoxy) is 2. The highest BCUT2D eigenvalue weighted by Gasteiger charge is 2.12. The molecule has 0 amide bonds. The first kappa shape index (κ1) is 15.8. The van der Waals surface area contributed by atoms with Gasteiger partial charge in [-0.2, -0.15) is 0 Å². The third-order valence-electron chi connectivity index (χ3n) is 2.83. The summed E-state index contributed by atoms with van der Waals surface area (Å²) < 4.78 is 32.6. The molecule has 0 aromatic heterocycles. The monoisotopic (exact) mass is 287 g/mol. The summed E-state index contributed by atoms with van der Waals surface area (Å²) in [7, 11) is 0.256. The van der Waals surface area contributed by atoms with Gasteiger partial charge in [0.1, 0.15) is 21.3 Å². The quantitative estimate of drug-likeness (QED) is 0.821. The van der Waals surface area contributed by atoms with Gasteiger partial charge in [-0.25, -0.2) is 8.42 Å². The summed E-state index contributed by atoms with van der Waals surface area (Å²) in [5, 5.41) is 3.17. The number of rotatable bonds is 7. The molecule has 0 saturated carbocycles. The van der Waals surface area contributed by atoms with Crippen molar-refractivity contribution < 1.29 is 17.9 Å². The molecular weight excluding hydrogens is 266 g/mol. The molecule has 6 heteroatoms. The zero-order valence-corrected chi connectivity index (χ0v) is 12.6. The lowest BCUT2D eigenvalue weighted by molar-refractivity contribution is 0.386. The van der Waals surface area contributed by atoms with Crippen molar-refractivity contribution in [2.75, 3.05) is 32.8 Å². The highest BCUT2D eigenvalue weighted by Crippen LogP contribution is 2.29. The molecule has 5 nitrogen and oxygen atoms in total. The third kappa shape index (κ3) is 5.08. The Morgan fingerprint density at radius 1 is 1.26 bits per heavy atom. The molecular formula is C13H21NO4S. The predicted molar refractivity (Wildman–Crippen MR) is 75.7 cm³/mol. The smallest absolute Gasteiger partial charge is 0.148 e. The molecule has 19 heavy (non-hydrogen) atoms. The van der Waals surface area contributed by atoms with Crippen molar-refractivity contribution in [2.24, 2.45) is 0 Å². The molecule has 1 atom stereocenters. The molecule has 0 spiro atoms. The molecule has 0 bridgehead atoms. The normalized spacial score (nSPS) is 13.1. The maximum absolute atomic E-state index is 11.1. The average Bonchev–Trinajstić information content (AvgIpc) is 2.36. The Bertz CT molecular complexity index is 513. The van der Waals surface area contributed by atoms with Crippen LogP contribution in [0.3, 0.4) is 0 Å². The van der Waals surface area contributed by atoms with Gasteiger partial charge in [0.15, 0.2) is 0 Å². The molecule has 1 N–H and O–H groups in total. The SMILES string of the molecule is COc1ccc(C(C)NCCS(C)(=O)=O)c(OC)c1. The lowest BCUT2D eigenvalue weighted by Gasteiger charge is -2.17. The number of benzene rings is 1. The van der Waals surface area contributed by atoms with Crippen molar-refractivity contribution in [3.05, 3.63) is 23.8 Å². The van der Waals surface area contributed by atoms with E-state index in [0.717, 1.165) is 17.1 Å². The fourth-order valence-corrected chi connectivity index (χ4v) is 2.24. The van der Waals surface area contributed by atoms with Crippen LogP contribution in [0.4, 0.5) is 0 Å². The van der Waals surface area contributed by atoms with Crippen molar-refractivity contribution in [1.29, 1.82) is 0 Å². The van der Waals surface area contributed by atoms with Crippen LogP contribution in [0.5, 0.6) is 11.5 Å². The molecule has 0 aliphatic carbocycles. The van der Waals surface area contributed by atoms with Gasteiger partial charge in [-0.05, 0) is 13.0 Å². The van der Waals surface area contributed by atoms with Crippen LogP contribution in [0.2, 0.25) is 0 Å². The van der Waals surface area contributed by atoms with Crippen molar-refractivity contribution in [1.82, 2.24) is 5.32 Å². The van der Waals surface area contributed by atoms with Crippen LogP contribution in [-0.4, -0.2) is 41.2 Å². The summed E-state index contributed by atoms with van der Waals surface area (Å²) in [5.41, 5.74) is 0.969. The zero-order chi connectivity index (χ0) is 14.5. The van der Waals surface area contributed by atoms with Crippen LogP contribution >= 0.6 is 0 Å². The number of nitrogens with one attached hydrogen (secondary N) is 1. The standard InChI is InChI=1S/C13H21NO4S/c1-10(14-7-8-19(4,15)16)12-6-5-11(17-2)9-13(12)18-3/h5-6,9-10,14H,7-8H2,1-4H3. The molecule has 1 aromatic rings. The second-order valence-electron chi connectivity index (χ2n) is 4.41. The van der Waals surface area contributed by atoms with Crippen molar-refractivity contribution in [3.63, 3.8) is 0 Å². The van der Waals surface area contributed by atoms with Gasteiger partial charge in [0.2, 0.25) is 0 Å². The number of hydrogen-bond acceptors (Lipinski definition) is 5. The van der Waals surface area contributed by atoms with E-state index < -0.39 is 9.84 Å². The van der Waals surface area contributed by atoms with E-state index in [9.17, 15) is 8.42 Å². The Morgan fingerprint density at radius 3 is 2.47 bits per heavy atom. The van der Waals surface area contributed by atoms with Crippen LogP contribution in [0.25, 0.3) is 0 Å². The van der Waals surface area contributed by atoms with E-state index in [0.29, 0.717) is 6.54 Å². The van der Waals surface area contributed by atoms with Gasteiger partial charge in [0, 0.05) is 30.5 Å². The van der Waals surface area contributed by atoms with Crippen LogP contribution in [0.15, 0.2) is 18.2 Å². The summed E-state index contributed by atoms with van der Waals surface area (Å²) >= 11 is 0. The molecule has 108 valence electrons. The predicted octanol–water partition coefficient (Wildman–Crippen LogP) is 1.40. The number of hydrogen-bond donors (Lipinski definition) is 1. The van der Waals surface area contributed by atoms with Crippen molar-refractivity contribution >= 4 is 9.84 Å². The Labute approximate surface area is 114 Å². The molecule has 0 aliphatic rings. The van der Waals surface area contributed by atoms with Crippen LogP contribution < -0.4 is 14.8 Å². The first-order valence-electron chi connectivity index (χ1n) is 6.00. The second-order valence-corrected chi connectivity index (χ2v) is 6.67. The average molecular weight is 287 g/mol. The molecule has 0 aliphatic heterocycles. The van der Waals surface area contributed by atoms with Gasteiger partial charge >= 0.3 is 0 Å². The Balaban J connectivity index is 2.73.